The number of piperidine rings is 1. The Hall–Kier alpha value is -1.15. The predicted molar refractivity (Wildman–Crippen MR) is 67.9 cm³/mol. The molecule has 0 aromatic heterocycles. The summed E-state index contributed by atoms with van der Waals surface area (Å²) in [4.78, 5) is 14.7. The molecule has 0 amide bonds. The van der Waals surface area contributed by atoms with Gasteiger partial charge in [-0.15, -0.1) is 0 Å². The molecule has 0 N–H and O–H groups in total. The first kappa shape index (κ1) is 11.0. The van der Waals surface area contributed by atoms with Crippen LogP contribution in [0.25, 0.3) is 0 Å². The molecule has 0 saturated carbocycles. The van der Waals surface area contributed by atoms with Gasteiger partial charge in [0.1, 0.15) is 0 Å². The third kappa shape index (κ3) is 1.62. The summed E-state index contributed by atoms with van der Waals surface area (Å²) in [5.41, 5.74) is 1.10. The van der Waals surface area contributed by atoms with E-state index >= 15 is 0 Å². The molecule has 2 heteroatoms. The van der Waals surface area contributed by atoms with Crippen LogP contribution in [0.1, 0.15) is 31.2 Å². The average molecular weight is 229 g/mol. The van der Waals surface area contributed by atoms with Gasteiger partial charge in [-0.1, -0.05) is 30.3 Å². The molecule has 1 aromatic rings. The molecule has 0 spiro atoms. The van der Waals surface area contributed by atoms with Crippen LogP contribution in [-0.2, 0) is 11.2 Å². The van der Waals surface area contributed by atoms with Crippen LogP contribution in [0, 0.1) is 0 Å². The van der Waals surface area contributed by atoms with E-state index in [0.29, 0.717) is 11.8 Å². The number of Topliss-reactive ketones (excluding diaryl/α,β-unsaturated/α-hetero) is 1. The highest BCUT2D eigenvalue weighted by atomic mass is 16.1. The zero-order valence-electron chi connectivity index (χ0n) is 10.4. The van der Waals surface area contributed by atoms with Gasteiger partial charge in [0.25, 0.3) is 0 Å². The lowest BCUT2D eigenvalue weighted by molar-refractivity contribution is -0.132. The maximum atomic E-state index is 12.3. The minimum Gasteiger partial charge on any atom is -0.298 e. The van der Waals surface area contributed by atoms with Crippen molar-refractivity contribution >= 4 is 5.78 Å². The van der Waals surface area contributed by atoms with Gasteiger partial charge in [-0.3, -0.25) is 9.69 Å². The van der Waals surface area contributed by atoms with E-state index in [1.54, 1.807) is 0 Å². The highest BCUT2D eigenvalue weighted by Crippen LogP contribution is 2.42. The van der Waals surface area contributed by atoms with Crippen molar-refractivity contribution in [2.75, 3.05) is 7.05 Å². The Balaban J connectivity index is 1.91. The van der Waals surface area contributed by atoms with Gasteiger partial charge >= 0.3 is 0 Å². The van der Waals surface area contributed by atoms with Crippen molar-refractivity contribution in [3.8, 4) is 0 Å². The smallest absolute Gasteiger partial charge is 0.153 e. The van der Waals surface area contributed by atoms with Gasteiger partial charge in [0.2, 0.25) is 0 Å². The van der Waals surface area contributed by atoms with Crippen molar-refractivity contribution in [2.24, 2.45) is 0 Å². The summed E-state index contributed by atoms with van der Waals surface area (Å²) in [5, 5.41) is 0. The van der Waals surface area contributed by atoms with E-state index in [-0.39, 0.29) is 5.54 Å². The maximum absolute atomic E-state index is 12.3. The SMILES string of the molecule is CN1[C@@H]2CCC(=O)[C@@]1(Cc1ccccc1)CC2. The molecule has 2 saturated heterocycles. The first-order valence-electron chi connectivity index (χ1n) is 6.52. The molecule has 90 valence electrons. The minimum atomic E-state index is -0.190. The number of ketones is 1. The highest BCUT2D eigenvalue weighted by molar-refractivity contribution is 5.90. The van der Waals surface area contributed by atoms with E-state index < -0.39 is 0 Å². The predicted octanol–water partition coefficient (Wildman–Crippen LogP) is 2.43. The van der Waals surface area contributed by atoms with Crippen LogP contribution < -0.4 is 0 Å². The average Bonchev–Trinajstić information content (AvgIpc) is 2.55. The van der Waals surface area contributed by atoms with E-state index in [0.717, 1.165) is 25.7 Å². The van der Waals surface area contributed by atoms with Crippen LogP contribution in [-0.4, -0.2) is 29.3 Å². The number of hydrogen-bond acceptors (Lipinski definition) is 2. The molecule has 2 nitrogen and oxygen atoms in total. The van der Waals surface area contributed by atoms with Crippen LogP contribution in [0.3, 0.4) is 0 Å². The van der Waals surface area contributed by atoms with Crippen LogP contribution in [0.4, 0.5) is 0 Å². The van der Waals surface area contributed by atoms with E-state index in [4.69, 9.17) is 0 Å². The molecule has 2 fully saturated rings. The third-order valence-corrected chi connectivity index (χ3v) is 4.68. The van der Waals surface area contributed by atoms with Crippen molar-refractivity contribution in [3.05, 3.63) is 35.9 Å². The monoisotopic (exact) mass is 229 g/mol. The van der Waals surface area contributed by atoms with Crippen LogP contribution >= 0.6 is 0 Å². The number of fused-ring (bicyclic) bond motifs is 2. The van der Waals surface area contributed by atoms with Gasteiger partial charge in [-0.05, 0) is 38.3 Å². The molecule has 2 bridgehead atoms. The van der Waals surface area contributed by atoms with Gasteiger partial charge in [-0.2, -0.15) is 0 Å². The van der Waals surface area contributed by atoms with E-state index in [9.17, 15) is 4.79 Å². The van der Waals surface area contributed by atoms with E-state index in [1.807, 2.05) is 6.07 Å². The Kier molecular flexibility index (Phi) is 2.55. The van der Waals surface area contributed by atoms with Crippen molar-refractivity contribution in [1.29, 1.82) is 0 Å². The molecule has 1 aromatic carbocycles. The summed E-state index contributed by atoms with van der Waals surface area (Å²) in [6, 6.07) is 11.1. The standard InChI is InChI=1S/C15H19NO/c1-16-13-7-8-14(17)15(16,10-9-13)11-12-5-3-2-4-6-12/h2-6,13H,7-11H2,1H3/t13-,15+/m1/s1. The summed E-state index contributed by atoms with van der Waals surface area (Å²) in [5.74, 6) is 0.456. The van der Waals surface area contributed by atoms with Crippen LogP contribution in [0.15, 0.2) is 30.3 Å². The van der Waals surface area contributed by atoms with Crippen molar-refractivity contribution < 1.29 is 4.79 Å². The largest absolute Gasteiger partial charge is 0.298 e. The molecule has 2 atom stereocenters. The van der Waals surface area contributed by atoms with Gasteiger partial charge < -0.3 is 0 Å². The number of hydrogen-bond donors (Lipinski definition) is 0. The number of benzene rings is 1. The number of carbonyl (C=O) groups is 1. The van der Waals surface area contributed by atoms with Gasteiger partial charge in [-0.25, -0.2) is 0 Å². The Labute approximate surface area is 103 Å². The normalized spacial score (nSPS) is 33.0. The molecule has 0 unspecified atom stereocenters. The van der Waals surface area contributed by atoms with E-state index in [1.165, 1.54) is 12.0 Å². The van der Waals surface area contributed by atoms with Crippen LogP contribution in [0.2, 0.25) is 0 Å². The zero-order valence-corrected chi connectivity index (χ0v) is 10.4. The van der Waals surface area contributed by atoms with E-state index in [2.05, 4.69) is 36.2 Å². The Bertz CT molecular complexity index is 428. The molecule has 0 aliphatic carbocycles. The molecule has 2 heterocycles. The number of carbonyl (C=O) groups excluding carboxylic acids is 1. The molecular weight excluding hydrogens is 210 g/mol. The quantitative estimate of drug-likeness (QED) is 0.776. The van der Waals surface area contributed by atoms with Crippen molar-refractivity contribution in [2.45, 2.75) is 43.7 Å². The summed E-state index contributed by atoms with van der Waals surface area (Å²) in [6.07, 6.45) is 4.96. The maximum Gasteiger partial charge on any atom is 0.153 e. The molecule has 2 aliphatic heterocycles. The fourth-order valence-electron chi connectivity index (χ4n) is 3.57. The van der Waals surface area contributed by atoms with Gasteiger partial charge in [0.15, 0.2) is 5.78 Å². The second-order valence-electron chi connectivity index (χ2n) is 5.46. The second kappa shape index (κ2) is 3.95. The molecule has 17 heavy (non-hydrogen) atoms. The topological polar surface area (TPSA) is 20.3 Å². The summed E-state index contributed by atoms with van der Waals surface area (Å²) < 4.78 is 0. The first-order chi connectivity index (χ1) is 8.22. The summed E-state index contributed by atoms with van der Waals surface area (Å²) >= 11 is 0. The minimum absolute atomic E-state index is 0.190. The molecular formula is C15H19NO. The summed E-state index contributed by atoms with van der Waals surface area (Å²) in [6.45, 7) is 0. The van der Waals surface area contributed by atoms with Crippen molar-refractivity contribution in [3.63, 3.8) is 0 Å². The highest BCUT2D eigenvalue weighted by Gasteiger charge is 2.51. The lowest BCUT2D eigenvalue weighted by Crippen LogP contribution is -2.55. The second-order valence-corrected chi connectivity index (χ2v) is 5.46. The van der Waals surface area contributed by atoms with Gasteiger partial charge in [0, 0.05) is 12.5 Å². The lowest BCUT2D eigenvalue weighted by Gasteiger charge is -2.41. The summed E-state index contributed by atoms with van der Waals surface area (Å²) in [7, 11) is 2.14. The van der Waals surface area contributed by atoms with Crippen molar-refractivity contribution in [1.82, 2.24) is 4.90 Å². The third-order valence-electron chi connectivity index (χ3n) is 4.68. The Morgan fingerprint density at radius 1 is 1.29 bits per heavy atom. The molecule has 3 rings (SSSR count). The number of rotatable bonds is 2. The number of nitrogens with zero attached hydrogens (tertiary/aromatic N) is 1. The Morgan fingerprint density at radius 3 is 2.82 bits per heavy atom. The Morgan fingerprint density at radius 2 is 2.06 bits per heavy atom. The molecule has 0 radical (unpaired) electrons. The van der Waals surface area contributed by atoms with Gasteiger partial charge in [0.05, 0.1) is 5.54 Å². The molecule has 2 aliphatic rings. The number of likely N-dealkylation sites (N-methyl/N-ethyl adjacent to an activating group) is 1. The fraction of sp³-hybridized carbons (Fsp3) is 0.533. The van der Waals surface area contributed by atoms with Crippen LogP contribution in [0.5, 0.6) is 0 Å². The fourth-order valence-corrected chi connectivity index (χ4v) is 3.57. The zero-order chi connectivity index (χ0) is 11.9. The first-order valence-corrected chi connectivity index (χ1v) is 6.52. The lowest BCUT2D eigenvalue weighted by atomic mass is 9.82.